The molecule has 1 aromatic carbocycles. The molecular formula is C25H31N3O5. The molecule has 0 bridgehead atoms. The van der Waals surface area contributed by atoms with Gasteiger partial charge in [0.25, 0.3) is 5.91 Å². The molecule has 0 saturated carbocycles. The third kappa shape index (κ3) is 4.82. The zero-order valence-corrected chi connectivity index (χ0v) is 19.9. The van der Waals surface area contributed by atoms with Crippen LogP contribution >= 0.6 is 0 Å². The summed E-state index contributed by atoms with van der Waals surface area (Å²) in [6, 6.07) is 7.28. The van der Waals surface area contributed by atoms with Crippen molar-refractivity contribution < 1.29 is 23.8 Å². The molecule has 1 amide bonds. The van der Waals surface area contributed by atoms with Crippen LogP contribution in [0.4, 0.5) is 0 Å². The van der Waals surface area contributed by atoms with E-state index in [0.717, 1.165) is 0 Å². The van der Waals surface area contributed by atoms with Gasteiger partial charge in [0.2, 0.25) is 5.88 Å². The van der Waals surface area contributed by atoms with Gasteiger partial charge in [0.05, 0.1) is 13.0 Å². The van der Waals surface area contributed by atoms with Gasteiger partial charge in [-0.15, -0.1) is 0 Å². The first-order valence-electron chi connectivity index (χ1n) is 11.1. The minimum absolute atomic E-state index is 0.0101. The highest BCUT2D eigenvalue weighted by molar-refractivity contribution is 6.00. The number of benzene rings is 1. The molecule has 0 aromatic heterocycles. The molecule has 2 N–H and O–H groups in total. The molecule has 1 aliphatic carbocycles. The number of ketones is 1. The van der Waals surface area contributed by atoms with Crippen LogP contribution in [-0.2, 0) is 14.3 Å². The highest BCUT2D eigenvalue weighted by atomic mass is 16.5. The van der Waals surface area contributed by atoms with E-state index in [9.17, 15) is 14.9 Å². The van der Waals surface area contributed by atoms with Crippen LogP contribution in [0.3, 0.4) is 0 Å². The molecule has 8 heteroatoms. The summed E-state index contributed by atoms with van der Waals surface area (Å²) < 4.78 is 17.0. The Bertz CT molecular complexity index is 1060. The van der Waals surface area contributed by atoms with Gasteiger partial charge in [-0.05, 0) is 37.0 Å². The Kier molecular flexibility index (Phi) is 7.01. The maximum Gasteiger partial charge on any atom is 0.260 e. The molecular weight excluding hydrogens is 422 g/mol. The molecule has 1 aliphatic heterocycles. The number of hydrogen-bond donors (Lipinski definition) is 1. The largest absolute Gasteiger partial charge is 0.493 e. The summed E-state index contributed by atoms with van der Waals surface area (Å²) in [5.74, 6) is 0.488. The highest BCUT2D eigenvalue weighted by Gasteiger charge is 2.43. The quantitative estimate of drug-likeness (QED) is 0.673. The van der Waals surface area contributed by atoms with Crippen molar-refractivity contribution in [1.82, 2.24) is 4.90 Å². The number of nitrogens with two attached hydrogens (primary N) is 1. The van der Waals surface area contributed by atoms with Gasteiger partial charge in [-0.25, -0.2) is 0 Å². The van der Waals surface area contributed by atoms with Crippen molar-refractivity contribution in [3.05, 3.63) is 46.6 Å². The molecule has 1 unspecified atom stereocenters. The number of nitrogens with zero attached hydrogens (tertiary/aromatic N) is 2. The molecule has 8 nitrogen and oxygen atoms in total. The lowest BCUT2D eigenvalue weighted by atomic mass is 9.70. The first kappa shape index (κ1) is 24.2. The molecule has 3 rings (SSSR count). The molecule has 1 aromatic rings. The first-order chi connectivity index (χ1) is 15.6. The van der Waals surface area contributed by atoms with E-state index < -0.39 is 5.92 Å². The maximum absolute atomic E-state index is 13.1. The summed E-state index contributed by atoms with van der Waals surface area (Å²) in [5.41, 5.74) is 7.15. The number of nitriles is 1. The zero-order chi connectivity index (χ0) is 24.3. The lowest BCUT2D eigenvalue weighted by Gasteiger charge is -2.37. The number of methoxy groups -OCH3 is 1. The van der Waals surface area contributed by atoms with E-state index in [0.29, 0.717) is 54.3 Å². The second-order valence-corrected chi connectivity index (χ2v) is 8.97. The standard InChI is InChI=1S/C25H31N3O5/c1-6-28(7-2)21(30)14-32-18-9-8-15(10-19(18)31-5)22-16(13-26)24(27)33-20-12-25(3,4)11-17(29)23(20)22/h8-10,22H,6-7,11-12,14,27H2,1-5H3. The molecule has 33 heavy (non-hydrogen) atoms. The van der Waals surface area contributed by atoms with Crippen molar-refractivity contribution in [2.24, 2.45) is 11.1 Å². The fourth-order valence-electron chi connectivity index (χ4n) is 4.41. The lowest BCUT2D eigenvalue weighted by molar-refractivity contribution is -0.133. The summed E-state index contributed by atoms with van der Waals surface area (Å²) in [7, 11) is 1.50. The number of rotatable bonds is 7. The molecule has 0 fully saturated rings. The Morgan fingerprint density at radius 1 is 1.27 bits per heavy atom. The SMILES string of the molecule is CCN(CC)C(=O)COc1ccc(C2C(C#N)=C(N)OC3=C2C(=O)CC(C)(C)C3)cc1OC. The van der Waals surface area contributed by atoms with Gasteiger partial charge in [-0.1, -0.05) is 19.9 Å². The molecule has 176 valence electrons. The average molecular weight is 454 g/mol. The molecule has 2 aliphatic rings. The van der Waals surface area contributed by atoms with Gasteiger partial charge in [0.15, 0.2) is 23.9 Å². The number of carbonyl (C=O) groups is 2. The number of likely N-dealkylation sites (N-methyl/N-ethyl adjacent to an activating group) is 1. The van der Waals surface area contributed by atoms with E-state index in [4.69, 9.17) is 19.9 Å². The number of carbonyl (C=O) groups excluding carboxylic acids is 2. The summed E-state index contributed by atoms with van der Waals surface area (Å²) in [4.78, 5) is 27.1. The summed E-state index contributed by atoms with van der Waals surface area (Å²) >= 11 is 0. The normalized spacial score (nSPS) is 19.4. The minimum atomic E-state index is -0.650. The number of allylic oxidation sites excluding steroid dienone is 3. The third-order valence-corrected chi connectivity index (χ3v) is 6.06. The first-order valence-corrected chi connectivity index (χ1v) is 11.1. The van der Waals surface area contributed by atoms with Gasteiger partial charge in [-0.3, -0.25) is 9.59 Å². The van der Waals surface area contributed by atoms with Gasteiger partial charge in [-0.2, -0.15) is 5.26 Å². The van der Waals surface area contributed by atoms with Crippen molar-refractivity contribution in [3.8, 4) is 17.6 Å². The average Bonchev–Trinajstić information content (AvgIpc) is 2.76. The lowest BCUT2D eigenvalue weighted by Crippen LogP contribution is -2.34. The summed E-state index contributed by atoms with van der Waals surface area (Å²) in [5, 5.41) is 9.80. The number of amides is 1. The zero-order valence-electron chi connectivity index (χ0n) is 19.9. The van der Waals surface area contributed by atoms with Crippen molar-refractivity contribution >= 4 is 11.7 Å². The second kappa shape index (κ2) is 9.57. The summed E-state index contributed by atoms with van der Waals surface area (Å²) in [6.07, 6.45) is 0.909. The number of ether oxygens (including phenoxy) is 3. The number of hydrogen-bond acceptors (Lipinski definition) is 7. The predicted octanol–water partition coefficient (Wildman–Crippen LogP) is 3.39. The molecule has 0 spiro atoms. The van der Waals surface area contributed by atoms with E-state index in [1.807, 2.05) is 27.7 Å². The molecule has 1 atom stereocenters. The Morgan fingerprint density at radius 2 is 1.97 bits per heavy atom. The fraction of sp³-hybridized carbons (Fsp3) is 0.480. The van der Waals surface area contributed by atoms with E-state index >= 15 is 0 Å². The van der Waals surface area contributed by atoms with Crippen LogP contribution in [0, 0.1) is 16.7 Å². The van der Waals surface area contributed by atoms with Gasteiger partial charge < -0.3 is 24.8 Å². The van der Waals surface area contributed by atoms with Crippen LogP contribution in [-0.4, -0.2) is 43.4 Å². The van der Waals surface area contributed by atoms with Crippen molar-refractivity contribution in [3.63, 3.8) is 0 Å². The smallest absolute Gasteiger partial charge is 0.260 e. The van der Waals surface area contributed by atoms with Gasteiger partial charge in [0, 0.05) is 31.5 Å². The van der Waals surface area contributed by atoms with Crippen LogP contribution in [0.5, 0.6) is 11.5 Å². The van der Waals surface area contributed by atoms with E-state index in [-0.39, 0.29) is 35.2 Å². The maximum atomic E-state index is 13.1. The summed E-state index contributed by atoms with van der Waals surface area (Å²) in [6.45, 7) is 8.91. The Hall–Kier alpha value is -3.47. The Labute approximate surface area is 194 Å². The molecule has 0 radical (unpaired) electrons. The minimum Gasteiger partial charge on any atom is -0.493 e. The van der Waals surface area contributed by atoms with Crippen LogP contribution in [0.25, 0.3) is 0 Å². The van der Waals surface area contributed by atoms with Crippen LogP contribution in [0.1, 0.15) is 52.0 Å². The van der Waals surface area contributed by atoms with E-state index in [2.05, 4.69) is 6.07 Å². The highest BCUT2D eigenvalue weighted by Crippen LogP contribution is 2.48. The molecule has 1 heterocycles. The van der Waals surface area contributed by atoms with Crippen molar-refractivity contribution in [1.29, 1.82) is 5.26 Å². The number of Topliss-reactive ketones (excluding diaryl/α,β-unsaturated/α-hetero) is 1. The van der Waals surface area contributed by atoms with Crippen LogP contribution in [0.15, 0.2) is 41.0 Å². The van der Waals surface area contributed by atoms with Crippen LogP contribution < -0.4 is 15.2 Å². The molecule has 0 saturated heterocycles. The third-order valence-electron chi connectivity index (χ3n) is 6.06. The van der Waals surface area contributed by atoms with Crippen molar-refractivity contribution in [2.45, 2.75) is 46.5 Å². The van der Waals surface area contributed by atoms with Crippen LogP contribution in [0.2, 0.25) is 0 Å². The Morgan fingerprint density at radius 3 is 2.58 bits per heavy atom. The monoisotopic (exact) mass is 453 g/mol. The van der Waals surface area contributed by atoms with Crippen molar-refractivity contribution in [2.75, 3.05) is 26.8 Å². The Balaban J connectivity index is 1.97. The van der Waals surface area contributed by atoms with Gasteiger partial charge >= 0.3 is 0 Å². The van der Waals surface area contributed by atoms with E-state index in [1.54, 1.807) is 23.1 Å². The van der Waals surface area contributed by atoms with Gasteiger partial charge in [0.1, 0.15) is 17.4 Å². The van der Waals surface area contributed by atoms with E-state index in [1.165, 1.54) is 7.11 Å². The fourth-order valence-corrected chi connectivity index (χ4v) is 4.41. The topological polar surface area (TPSA) is 115 Å². The predicted molar refractivity (Wildman–Crippen MR) is 122 cm³/mol. The second-order valence-electron chi connectivity index (χ2n) is 8.97.